The lowest BCUT2D eigenvalue weighted by Crippen LogP contribution is -2.05. The molecule has 0 bridgehead atoms. The summed E-state index contributed by atoms with van der Waals surface area (Å²) in [7, 11) is -2.90. The van der Waals surface area contributed by atoms with Crippen LogP contribution in [-0.2, 0) is 4.57 Å². The normalized spacial score (nSPS) is 19.3. The molecule has 1 unspecified atom stereocenters. The quantitative estimate of drug-likeness (QED) is 0.822. The van der Waals surface area contributed by atoms with Crippen LogP contribution in [0.15, 0.2) is 24.3 Å². The van der Waals surface area contributed by atoms with Crippen LogP contribution < -0.4 is 4.52 Å². The Labute approximate surface area is 96.4 Å². The fourth-order valence-corrected chi connectivity index (χ4v) is 2.79. The summed E-state index contributed by atoms with van der Waals surface area (Å²) in [6.45, 7) is 0. The van der Waals surface area contributed by atoms with Gasteiger partial charge in [0.05, 0.1) is 0 Å². The van der Waals surface area contributed by atoms with E-state index in [0.29, 0.717) is 11.7 Å². The molecule has 0 amide bonds. The molecule has 1 aliphatic carbocycles. The molecule has 0 heterocycles. The summed E-state index contributed by atoms with van der Waals surface area (Å²) in [5.74, 6) is 1.08. The van der Waals surface area contributed by atoms with Crippen molar-refractivity contribution in [1.82, 2.24) is 0 Å². The third kappa shape index (κ3) is 2.87. The standard InChI is InChI=1S/C12H17O3P/c13-16(14)15-12-9-5-4-8-11(12)10-6-2-1-3-7-10/h4-5,8-10,16H,1-3,6-7H2,(H,13,14). The van der Waals surface area contributed by atoms with Crippen molar-refractivity contribution < 1.29 is 14.0 Å². The SMILES string of the molecule is O=[PH](O)Oc1ccccc1C1CCCCC1. The van der Waals surface area contributed by atoms with Crippen molar-refractivity contribution in [3.05, 3.63) is 29.8 Å². The van der Waals surface area contributed by atoms with E-state index < -0.39 is 8.25 Å². The van der Waals surface area contributed by atoms with Gasteiger partial charge in [-0.1, -0.05) is 37.5 Å². The Morgan fingerprint density at radius 3 is 2.56 bits per heavy atom. The van der Waals surface area contributed by atoms with Crippen molar-refractivity contribution in [3.8, 4) is 5.75 Å². The maximum Gasteiger partial charge on any atom is 0.365 e. The highest BCUT2D eigenvalue weighted by Gasteiger charge is 2.19. The molecule has 1 saturated carbocycles. The van der Waals surface area contributed by atoms with E-state index in [1.165, 1.54) is 19.3 Å². The first kappa shape index (κ1) is 11.7. The molecule has 0 saturated heterocycles. The molecular weight excluding hydrogens is 223 g/mol. The van der Waals surface area contributed by atoms with Gasteiger partial charge >= 0.3 is 8.25 Å². The highest BCUT2D eigenvalue weighted by Crippen LogP contribution is 2.39. The second kappa shape index (κ2) is 5.51. The van der Waals surface area contributed by atoms with E-state index >= 15 is 0 Å². The van der Waals surface area contributed by atoms with E-state index in [1.54, 1.807) is 6.07 Å². The summed E-state index contributed by atoms with van der Waals surface area (Å²) >= 11 is 0. The van der Waals surface area contributed by atoms with Gasteiger partial charge in [0, 0.05) is 0 Å². The smallest absolute Gasteiger partial charge is 0.365 e. The number of hydrogen-bond acceptors (Lipinski definition) is 2. The summed E-state index contributed by atoms with van der Waals surface area (Å²) in [4.78, 5) is 8.85. The third-order valence-corrected chi connectivity index (χ3v) is 3.56. The summed E-state index contributed by atoms with van der Waals surface area (Å²) in [5, 5.41) is 0. The maximum absolute atomic E-state index is 10.8. The van der Waals surface area contributed by atoms with E-state index in [0.717, 1.165) is 18.4 Å². The monoisotopic (exact) mass is 240 g/mol. The molecule has 0 spiro atoms. The van der Waals surface area contributed by atoms with E-state index in [-0.39, 0.29) is 0 Å². The first-order valence-corrected chi connectivity index (χ1v) is 7.03. The van der Waals surface area contributed by atoms with Crippen LogP contribution >= 0.6 is 8.25 Å². The van der Waals surface area contributed by atoms with Crippen molar-refractivity contribution in [3.63, 3.8) is 0 Å². The maximum atomic E-state index is 10.8. The second-order valence-corrected chi connectivity index (χ2v) is 4.98. The molecule has 1 aromatic rings. The minimum Gasteiger partial charge on any atom is -0.426 e. The Morgan fingerprint density at radius 1 is 1.19 bits per heavy atom. The van der Waals surface area contributed by atoms with Crippen LogP contribution in [-0.4, -0.2) is 4.89 Å². The highest BCUT2D eigenvalue weighted by molar-refractivity contribution is 7.32. The lowest BCUT2D eigenvalue weighted by atomic mass is 9.84. The molecule has 1 atom stereocenters. The fourth-order valence-electron chi connectivity index (χ4n) is 2.42. The predicted octanol–water partition coefficient (Wildman–Crippen LogP) is 3.50. The van der Waals surface area contributed by atoms with Gasteiger partial charge in [0.2, 0.25) is 0 Å². The van der Waals surface area contributed by atoms with Crippen molar-refractivity contribution in [2.24, 2.45) is 0 Å². The van der Waals surface area contributed by atoms with Crippen molar-refractivity contribution in [1.29, 1.82) is 0 Å². The lowest BCUT2D eigenvalue weighted by Gasteiger charge is -2.23. The molecule has 3 nitrogen and oxygen atoms in total. The van der Waals surface area contributed by atoms with Gasteiger partial charge in [0.1, 0.15) is 5.75 Å². The molecular formula is C12H17O3P. The van der Waals surface area contributed by atoms with Crippen LogP contribution in [0.4, 0.5) is 0 Å². The first-order chi connectivity index (χ1) is 7.77. The Kier molecular flexibility index (Phi) is 4.03. The van der Waals surface area contributed by atoms with Crippen LogP contribution in [0.1, 0.15) is 43.6 Å². The topological polar surface area (TPSA) is 46.5 Å². The van der Waals surface area contributed by atoms with Crippen LogP contribution in [0.25, 0.3) is 0 Å². The van der Waals surface area contributed by atoms with Crippen LogP contribution in [0.2, 0.25) is 0 Å². The number of rotatable bonds is 3. The summed E-state index contributed by atoms with van der Waals surface area (Å²) in [5.41, 5.74) is 1.09. The molecule has 0 aromatic heterocycles. The average Bonchev–Trinajstić information content (AvgIpc) is 2.30. The Hall–Kier alpha value is -0.790. The molecule has 1 fully saturated rings. The van der Waals surface area contributed by atoms with Gasteiger partial charge in [-0.2, -0.15) is 0 Å². The second-order valence-electron chi connectivity index (χ2n) is 4.24. The Bertz CT molecular complexity index is 372. The predicted molar refractivity (Wildman–Crippen MR) is 64.1 cm³/mol. The lowest BCUT2D eigenvalue weighted by molar-refractivity contribution is 0.397. The van der Waals surface area contributed by atoms with Crippen LogP contribution in [0, 0.1) is 0 Å². The molecule has 0 radical (unpaired) electrons. The van der Waals surface area contributed by atoms with Gasteiger partial charge < -0.3 is 9.42 Å². The van der Waals surface area contributed by atoms with Crippen molar-refractivity contribution in [2.45, 2.75) is 38.0 Å². The average molecular weight is 240 g/mol. The number of para-hydroxylation sites is 1. The van der Waals surface area contributed by atoms with E-state index in [1.807, 2.05) is 18.2 Å². The van der Waals surface area contributed by atoms with Gasteiger partial charge in [-0.3, -0.25) is 0 Å². The molecule has 2 rings (SSSR count). The Morgan fingerprint density at radius 2 is 1.88 bits per heavy atom. The Balaban J connectivity index is 2.20. The van der Waals surface area contributed by atoms with Gasteiger partial charge in [0.15, 0.2) is 0 Å². The van der Waals surface area contributed by atoms with Gasteiger partial charge in [0.25, 0.3) is 0 Å². The molecule has 88 valence electrons. The molecule has 4 heteroatoms. The van der Waals surface area contributed by atoms with Gasteiger partial charge in [-0.05, 0) is 30.4 Å². The highest BCUT2D eigenvalue weighted by atomic mass is 31.1. The zero-order chi connectivity index (χ0) is 11.4. The van der Waals surface area contributed by atoms with Crippen molar-refractivity contribution >= 4 is 8.25 Å². The van der Waals surface area contributed by atoms with Gasteiger partial charge in [-0.25, -0.2) is 4.57 Å². The molecule has 0 aliphatic heterocycles. The zero-order valence-corrected chi connectivity index (χ0v) is 10.2. The van der Waals surface area contributed by atoms with E-state index in [2.05, 4.69) is 0 Å². The fraction of sp³-hybridized carbons (Fsp3) is 0.500. The van der Waals surface area contributed by atoms with Gasteiger partial charge in [-0.15, -0.1) is 0 Å². The largest absolute Gasteiger partial charge is 0.426 e. The molecule has 1 N–H and O–H groups in total. The van der Waals surface area contributed by atoms with E-state index in [9.17, 15) is 4.57 Å². The van der Waals surface area contributed by atoms with Crippen LogP contribution in [0.3, 0.4) is 0 Å². The zero-order valence-electron chi connectivity index (χ0n) is 9.19. The first-order valence-electron chi connectivity index (χ1n) is 5.77. The van der Waals surface area contributed by atoms with Crippen LogP contribution in [0.5, 0.6) is 5.75 Å². The summed E-state index contributed by atoms with van der Waals surface area (Å²) < 4.78 is 15.8. The van der Waals surface area contributed by atoms with Crippen molar-refractivity contribution in [2.75, 3.05) is 0 Å². The van der Waals surface area contributed by atoms with E-state index in [4.69, 9.17) is 9.42 Å². The molecule has 1 aromatic carbocycles. The minimum atomic E-state index is -2.90. The third-order valence-electron chi connectivity index (χ3n) is 3.16. The minimum absolute atomic E-state index is 0.492. The molecule has 1 aliphatic rings. The molecule has 16 heavy (non-hydrogen) atoms. The summed E-state index contributed by atoms with van der Waals surface area (Å²) in [6, 6.07) is 7.59. The summed E-state index contributed by atoms with van der Waals surface area (Å²) in [6.07, 6.45) is 6.11. The number of benzene rings is 1. The number of hydrogen-bond donors (Lipinski definition) is 1.